The van der Waals surface area contributed by atoms with Crippen molar-refractivity contribution >= 4 is 21.5 Å². The van der Waals surface area contributed by atoms with Crippen LogP contribution in [-0.2, 0) is 0 Å². The molecule has 3 aromatic rings. The SMILES string of the molecule is O=c1[nH]c(=O)c2cc3c(=O)[nH]c(=O)c3cc12.[H-].[H-].[Li+].[Li+]. The molecule has 2 N–H and O–H groups in total. The molecule has 0 amide bonds. The molecule has 0 spiro atoms. The van der Waals surface area contributed by atoms with Crippen LogP contribution in [-0.4, -0.2) is 9.97 Å². The van der Waals surface area contributed by atoms with Gasteiger partial charge in [-0.3, -0.25) is 29.1 Å². The molecule has 18 heavy (non-hydrogen) atoms. The Labute approximate surface area is 125 Å². The van der Waals surface area contributed by atoms with E-state index in [1.807, 2.05) is 0 Å². The zero-order chi connectivity index (χ0) is 11.4. The Morgan fingerprint density at radius 2 is 0.833 bits per heavy atom. The second kappa shape index (κ2) is 4.76. The minimum Gasteiger partial charge on any atom is -1.00 e. The van der Waals surface area contributed by atoms with E-state index in [0.717, 1.165) is 0 Å². The van der Waals surface area contributed by atoms with Crippen molar-refractivity contribution in [1.29, 1.82) is 0 Å². The van der Waals surface area contributed by atoms with Crippen LogP contribution in [0.3, 0.4) is 0 Å². The fraction of sp³-hybridized carbons (Fsp3) is 0. The first-order valence-corrected chi connectivity index (χ1v) is 4.47. The predicted octanol–water partition coefficient (Wildman–Crippen LogP) is -6.80. The first-order chi connectivity index (χ1) is 7.58. The van der Waals surface area contributed by atoms with Gasteiger partial charge >= 0.3 is 37.7 Å². The maximum Gasteiger partial charge on any atom is 1.00 e. The van der Waals surface area contributed by atoms with E-state index in [2.05, 4.69) is 9.97 Å². The second-order valence-electron chi connectivity index (χ2n) is 3.51. The van der Waals surface area contributed by atoms with E-state index in [-0.39, 0.29) is 62.1 Å². The fourth-order valence-corrected chi connectivity index (χ4v) is 1.83. The van der Waals surface area contributed by atoms with Crippen molar-refractivity contribution in [1.82, 2.24) is 9.97 Å². The molecule has 0 fully saturated rings. The van der Waals surface area contributed by atoms with Crippen LogP contribution in [0.4, 0.5) is 0 Å². The number of rotatable bonds is 0. The average molecular weight is 232 g/mol. The van der Waals surface area contributed by atoms with E-state index in [1.165, 1.54) is 12.1 Å². The summed E-state index contributed by atoms with van der Waals surface area (Å²) in [6, 6.07) is 2.54. The first-order valence-electron chi connectivity index (χ1n) is 4.47. The Morgan fingerprint density at radius 3 is 1.06 bits per heavy atom. The molecule has 0 aliphatic heterocycles. The van der Waals surface area contributed by atoms with Crippen LogP contribution in [0.1, 0.15) is 2.85 Å². The van der Waals surface area contributed by atoms with Gasteiger partial charge in [0.05, 0.1) is 21.5 Å². The van der Waals surface area contributed by atoms with E-state index in [0.29, 0.717) is 0 Å². The quantitative estimate of drug-likeness (QED) is 0.376. The van der Waals surface area contributed by atoms with Gasteiger partial charge in [0.25, 0.3) is 22.2 Å². The van der Waals surface area contributed by atoms with Gasteiger partial charge in [-0.15, -0.1) is 0 Å². The van der Waals surface area contributed by atoms with E-state index in [4.69, 9.17) is 0 Å². The molecule has 6 nitrogen and oxygen atoms in total. The second-order valence-corrected chi connectivity index (χ2v) is 3.51. The maximum absolute atomic E-state index is 11.3. The molecule has 3 rings (SSSR count). The minimum atomic E-state index is -0.546. The molecule has 2 heterocycles. The van der Waals surface area contributed by atoms with E-state index < -0.39 is 22.2 Å². The molecule has 0 atom stereocenters. The van der Waals surface area contributed by atoms with Crippen LogP contribution < -0.4 is 60.0 Å². The largest absolute Gasteiger partial charge is 1.00 e. The number of aromatic amines is 2. The van der Waals surface area contributed by atoms with E-state index in [1.54, 1.807) is 0 Å². The van der Waals surface area contributed by atoms with Crippen LogP contribution in [0.25, 0.3) is 21.5 Å². The van der Waals surface area contributed by atoms with Gasteiger partial charge in [0.2, 0.25) is 0 Å². The monoisotopic (exact) mass is 232 g/mol. The standard InChI is InChI=1S/C10H4N2O4.2Li.2H/c13-7-3-1-4-6(10(16)12-8(4)14)2-5(3)9(15)11-7;;;;/h1-2H,(H,11,13,15)(H,12,14,16);;;;/q;2*+1;2*-1. The third-order valence-corrected chi connectivity index (χ3v) is 2.59. The van der Waals surface area contributed by atoms with Crippen LogP contribution in [0, 0.1) is 0 Å². The van der Waals surface area contributed by atoms with Gasteiger partial charge in [-0.25, -0.2) is 0 Å². The average Bonchev–Trinajstić information content (AvgIpc) is 2.67. The van der Waals surface area contributed by atoms with Crippen molar-refractivity contribution in [3.8, 4) is 0 Å². The number of aromatic nitrogens is 2. The molecular formula is C10H6Li2N2O4. The minimum absolute atomic E-state index is 0. The Hall–Kier alpha value is -1.31. The summed E-state index contributed by atoms with van der Waals surface area (Å²) >= 11 is 0. The molecule has 0 radical (unpaired) electrons. The van der Waals surface area contributed by atoms with Gasteiger partial charge in [0.15, 0.2) is 0 Å². The summed E-state index contributed by atoms with van der Waals surface area (Å²) in [6.45, 7) is 0. The molecule has 0 aliphatic carbocycles. The summed E-state index contributed by atoms with van der Waals surface area (Å²) in [6.07, 6.45) is 0. The van der Waals surface area contributed by atoms with Gasteiger partial charge in [0, 0.05) is 0 Å². The van der Waals surface area contributed by atoms with Gasteiger partial charge in [0.1, 0.15) is 0 Å². The van der Waals surface area contributed by atoms with Gasteiger partial charge < -0.3 is 2.85 Å². The summed E-state index contributed by atoms with van der Waals surface area (Å²) in [4.78, 5) is 49.4. The topological polar surface area (TPSA) is 99.9 Å². The third-order valence-electron chi connectivity index (χ3n) is 2.59. The number of nitrogens with one attached hydrogen (secondary N) is 2. The molecule has 8 heteroatoms. The zero-order valence-corrected chi connectivity index (χ0v) is 9.79. The van der Waals surface area contributed by atoms with Crippen molar-refractivity contribution in [3.05, 3.63) is 53.5 Å². The van der Waals surface area contributed by atoms with Crippen LogP contribution in [0.15, 0.2) is 31.3 Å². The molecule has 0 bridgehead atoms. The van der Waals surface area contributed by atoms with Crippen molar-refractivity contribution in [2.75, 3.05) is 0 Å². The molecule has 0 aliphatic rings. The molecule has 0 unspecified atom stereocenters. The third kappa shape index (κ3) is 1.84. The Bertz CT molecular complexity index is 794. The number of H-pyrrole nitrogens is 2. The summed E-state index contributed by atoms with van der Waals surface area (Å²) in [5.74, 6) is 0. The normalized spacial score (nSPS) is 10.2. The summed E-state index contributed by atoms with van der Waals surface area (Å²) in [7, 11) is 0. The van der Waals surface area contributed by atoms with Crippen molar-refractivity contribution in [2.45, 2.75) is 0 Å². The summed E-state index contributed by atoms with van der Waals surface area (Å²) in [5, 5.41) is 0.532. The smallest absolute Gasteiger partial charge is 1.00 e. The molecule has 82 valence electrons. The molecule has 0 saturated heterocycles. The summed E-state index contributed by atoms with van der Waals surface area (Å²) < 4.78 is 0. The zero-order valence-electron chi connectivity index (χ0n) is 11.8. The maximum atomic E-state index is 11.3. The number of hydrogen-bond donors (Lipinski definition) is 2. The first kappa shape index (κ1) is 14.8. The van der Waals surface area contributed by atoms with Gasteiger partial charge in [-0.05, 0) is 12.1 Å². The molecule has 0 saturated carbocycles. The fourth-order valence-electron chi connectivity index (χ4n) is 1.83. The van der Waals surface area contributed by atoms with Crippen LogP contribution in [0.5, 0.6) is 0 Å². The number of fused-ring (bicyclic) bond motifs is 2. The van der Waals surface area contributed by atoms with E-state index in [9.17, 15) is 19.2 Å². The number of hydrogen-bond acceptors (Lipinski definition) is 4. The van der Waals surface area contributed by atoms with Crippen molar-refractivity contribution in [2.24, 2.45) is 0 Å². The van der Waals surface area contributed by atoms with Gasteiger partial charge in [-0.2, -0.15) is 0 Å². The Kier molecular flexibility index (Phi) is 3.90. The van der Waals surface area contributed by atoms with Crippen LogP contribution in [0.2, 0.25) is 0 Å². The Morgan fingerprint density at radius 1 is 0.611 bits per heavy atom. The Balaban J connectivity index is 0. The summed E-state index contributed by atoms with van der Waals surface area (Å²) in [5.41, 5.74) is -2.19. The van der Waals surface area contributed by atoms with E-state index >= 15 is 0 Å². The van der Waals surface area contributed by atoms with Crippen LogP contribution >= 0.6 is 0 Å². The predicted molar refractivity (Wildman–Crippen MR) is 59.8 cm³/mol. The molecule has 1 aromatic carbocycles. The molecular weight excluding hydrogens is 226 g/mol. The molecule has 2 aromatic heterocycles. The van der Waals surface area contributed by atoms with Crippen molar-refractivity contribution in [3.63, 3.8) is 0 Å². The number of benzene rings is 1. The van der Waals surface area contributed by atoms with Crippen molar-refractivity contribution < 1.29 is 40.6 Å². The van der Waals surface area contributed by atoms with Gasteiger partial charge in [-0.1, -0.05) is 0 Å².